The molecule has 1 heterocycles. The molecule has 0 amide bonds. The van der Waals surface area contributed by atoms with Gasteiger partial charge in [-0.1, -0.05) is 12.1 Å². The number of aromatic nitrogens is 2. The average molecular weight is 294 g/mol. The number of hydrogen-bond acceptors (Lipinski definition) is 5. The summed E-state index contributed by atoms with van der Waals surface area (Å²) in [6, 6.07) is 0. The lowest BCUT2D eigenvalue weighted by atomic mass is 9.79. The van der Waals surface area contributed by atoms with Crippen LogP contribution in [0.5, 0.6) is 0 Å². The highest BCUT2D eigenvalue weighted by Gasteiger charge is 2.41. The molecule has 1 N–H and O–H groups in total. The first-order valence-electron chi connectivity index (χ1n) is 8.28. The molecule has 0 aliphatic heterocycles. The largest absolute Gasteiger partial charge is 0.392 e. The normalized spacial score (nSPS) is 31.3. The third-order valence-electron chi connectivity index (χ3n) is 4.93. The van der Waals surface area contributed by atoms with Gasteiger partial charge in [-0.15, -0.1) is 0 Å². The van der Waals surface area contributed by atoms with Gasteiger partial charge in [-0.3, -0.25) is 0 Å². The van der Waals surface area contributed by atoms with Gasteiger partial charge in [-0.2, -0.15) is 4.98 Å². The predicted octanol–water partition coefficient (Wildman–Crippen LogP) is 2.82. The second kappa shape index (κ2) is 6.05. The van der Waals surface area contributed by atoms with Crippen molar-refractivity contribution in [1.29, 1.82) is 0 Å². The molecule has 1 aromatic heterocycles. The second-order valence-corrected chi connectivity index (χ2v) is 6.73. The Bertz CT molecular complexity index is 462. The minimum atomic E-state index is -0.381. The number of hydrogen-bond donors (Lipinski definition) is 1. The van der Waals surface area contributed by atoms with Crippen molar-refractivity contribution in [3.63, 3.8) is 0 Å². The van der Waals surface area contributed by atoms with Crippen LogP contribution in [0.25, 0.3) is 0 Å². The molecule has 0 spiro atoms. The van der Waals surface area contributed by atoms with Crippen LogP contribution < -0.4 is 0 Å². The van der Waals surface area contributed by atoms with Gasteiger partial charge in [-0.25, -0.2) is 0 Å². The topological polar surface area (TPSA) is 68.4 Å². The van der Waals surface area contributed by atoms with E-state index < -0.39 is 0 Å². The second-order valence-electron chi connectivity index (χ2n) is 6.73. The van der Waals surface area contributed by atoms with Gasteiger partial charge in [-0.05, 0) is 57.3 Å². The van der Waals surface area contributed by atoms with Crippen molar-refractivity contribution >= 4 is 0 Å². The maximum atomic E-state index is 10.0. The van der Waals surface area contributed by atoms with Crippen molar-refractivity contribution in [2.45, 2.75) is 70.5 Å². The van der Waals surface area contributed by atoms with E-state index in [1.165, 1.54) is 0 Å². The van der Waals surface area contributed by atoms with Crippen LogP contribution in [0.1, 0.15) is 64.1 Å². The quantitative estimate of drug-likeness (QED) is 0.873. The van der Waals surface area contributed by atoms with Gasteiger partial charge in [0.25, 0.3) is 0 Å². The van der Waals surface area contributed by atoms with Gasteiger partial charge in [0.1, 0.15) is 5.60 Å². The summed E-state index contributed by atoms with van der Waals surface area (Å²) in [6.45, 7) is 4.95. The van der Waals surface area contributed by atoms with E-state index in [0.29, 0.717) is 30.7 Å². The van der Waals surface area contributed by atoms with E-state index in [1.54, 1.807) is 0 Å². The van der Waals surface area contributed by atoms with E-state index in [1.807, 2.05) is 6.92 Å². The van der Waals surface area contributed by atoms with Crippen LogP contribution in [0.3, 0.4) is 0 Å². The number of aliphatic hydroxyl groups is 1. The Morgan fingerprint density at radius 2 is 2.05 bits per heavy atom. The highest BCUT2D eigenvalue weighted by molar-refractivity contribution is 5.05. The smallest absolute Gasteiger partial charge is 0.229 e. The monoisotopic (exact) mass is 294 g/mol. The summed E-state index contributed by atoms with van der Waals surface area (Å²) >= 11 is 0. The molecule has 0 bridgehead atoms. The molecule has 2 fully saturated rings. The third-order valence-corrected chi connectivity index (χ3v) is 4.93. The van der Waals surface area contributed by atoms with Crippen molar-refractivity contribution in [2.75, 3.05) is 6.61 Å². The fourth-order valence-corrected chi connectivity index (χ4v) is 3.29. The molecule has 118 valence electrons. The molecule has 1 aromatic rings. The summed E-state index contributed by atoms with van der Waals surface area (Å²) in [4.78, 5) is 4.54. The number of aliphatic hydroxyl groups excluding tert-OH is 1. The molecule has 3 rings (SSSR count). The number of ether oxygens (including phenoxy) is 1. The van der Waals surface area contributed by atoms with Crippen molar-refractivity contribution in [3.8, 4) is 0 Å². The molecule has 21 heavy (non-hydrogen) atoms. The fraction of sp³-hybridized carbons (Fsp3) is 0.875. The molecule has 2 saturated carbocycles. The van der Waals surface area contributed by atoms with Crippen molar-refractivity contribution in [1.82, 2.24) is 10.1 Å². The zero-order valence-corrected chi connectivity index (χ0v) is 13.0. The molecule has 1 atom stereocenters. The Balaban J connectivity index is 1.72. The molecule has 0 saturated heterocycles. The molecule has 0 radical (unpaired) electrons. The molecular weight excluding hydrogens is 268 g/mol. The average Bonchev–Trinajstić information content (AvgIpc) is 3.22. The van der Waals surface area contributed by atoms with E-state index in [9.17, 15) is 5.11 Å². The van der Waals surface area contributed by atoms with Gasteiger partial charge in [0.2, 0.25) is 11.7 Å². The van der Waals surface area contributed by atoms with Crippen LogP contribution in [-0.4, -0.2) is 28.0 Å². The van der Waals surface area contributed by atoms with Gasteiger partial charge >= 0.3 is 0 Å². The van der Waals surface area contributed by atoms with Crippen LogP contribution in [0, 0.1) is 11.8 Å². The first kappa shape index (κ1) is 15.0. The molecule has 2 aliphatic rings. The number of rotatable bonds is 6. The zero-order chi connectivity index (χ0) is 14.9. The minimum Gasteiger partial charge on any atom is -0.392 e. The number of nitrogens with zero attached hydrogens (tertiary/aromatic N) is 2. The first-order chi connectivity index (χ1) is 10.1. The predicted molar refractivity (Wildman–Crippen MR) is 77.7 cm³/mol. The Hall–Kier alpha value is -0.940. The van der Waals surface area contributed by atoms with Crippen LogP contribution in [0.2, 0.25) is 0 Å². The lowest BCUT2D eigenvalue weighted by Crippen LogP contribution is -2.35. The maximum absolute atomic E-state index is 10.0. The molecule has 2 aliphatic carbocycles. The van der Waals surface area contributed by atoms with Crippen molar-refractivity contribution < 1.29 is 14.4 Å². The molecule has 5 heteroatoms. The Morgan fingerprint density at radius 1 is 1.33 bits per heavy atom. The standard InChI is InChI=1S/C16H26N2O3/c1-3-20-16(8-6-11(2)7-9-16)15-17-14(21-18-15)10-13(19)12-4-5-12/h11-13,19H,3-10H2,1-2H3. The highest BCUT2D eigenvalue weighted by Crippen LogP contribution is 2.41. The highest BCUT2D eigenvalue weighted by atomic mass is 16.5. The lowest BCUT2D eigenvalue weighted by Gasteiger charge is -2.36. The summed E-state index contributed by atoms with van der Waals surface area (Å²) in [7, 11) is 0. The Labute approximate surface area is 126 Å². The van der Waals surface area contributed by atoms with E-state index >= 15 is 0 Å². The lowest BCUT2D eigenvalue weighted by molar-refractivity contribution is -0.0847. The van der Waals surface area contributed by atoms with Crippen LogP contribution in [-0.2, 0) is 16.8 Å². The van der Waals surface area contributed by atoms with Gasteiger partial charge < -0.3 is 14.4 Å². The molecule has 1 unspecified atom stereocenters. The SMILES string of the molecule is CCOC1(c2noc(CC(O)C3CC3)n2)CCC(C)CC1. The Morgan fingerprint density at radius 3 is 2.67 bits per heavy atom. The van der Waals surface area contributed by atoms with E-state index in [-0.39, 0.29) is 11.7 Å². The van der Waals surface area contributed by atoms with E-state index in [2.05, 4.69) is 17.1 Å². The maximum Gasteiger partial charge on any atom is 0.229 e. The summed E-state index contributed by atoms with van der Waals surface area (Å²) in [5.41, 5.74) is -0.381. The summed E-state index contributed by atoms with van der Waals surface area (Å²) < 4.78 is 11.4. The first-order valence-corrected chi connectivity index (χ1v) is 8.28. The zero-order valence-electron chi connectivity index (χ0n) is 13.0. The van der Waals surface area contributed by atoms with E-state index in [4.69, 9.17) is 9.26 Å². The van der Waals surface area contributed by atoms with Crippen LogP contribution in [0.15, 0.2) is 4.52 Å². The third kappa shape index (κ3) is 3.29. The van der Waals surface area contributed by atoms with Gasteiger partial charge in [0.15, 0.2) is 0 Å². The minimum absolute atomic E-state index is 0.340. The van der Waals surface area contributed by atoms with Gasteiger partial charge in [0.05, 0.1) is 12.5 Å². The molecular formula is C16H26N2O3. The molecule has 5 nitrogen and oxygen atoms in total. The summed E-state index contributed by atoms with van der Waals surface area (Å²) in [5.74, 6) is 2.38. The van der Waals surface area contributed by atoms with E-state index in [0.717, 1.165) is 44.4 Å². The van der Waals surface area contributed by atoms with Gasteiger partial charge in [0, 0.05) is 6.61 Å². The van der Waals surface area contributed by atoms with Crippen molar-refractivity contribution in [3.05, 3.63) is 11.7 Å². The summed E-state index contributed by atoms with van der Waals surface area (Å²) in [5, 5.41) is 14.2. The van der Waals surface area contributed by atoms with Crippen LogP contribution in [0.4, 0.5) is 0 Å². The fourth-order valence-electron chi connectivity index (χ4n) is 3.29. The van der Waals surface area contributed by atoms with Crippen LogP contribution >= 0.6 is 0 Å². The van der Waals surface area contributed by atoms with Crippen molar-refractivity contribution in [2.24, 2.45) is 11.8 Å². The molecule has 0 aromatic carbocycles. The Kier molecular flexibility index (Phi) is 4.31. The summed E-state index contributed by atoms with van der Waals surface area (Å²) in [6.07, 6.45) is 6.52.